The molecule has 2 aliphatic heterocycles. The van der Waals surface area contributed by atoms with Gasteiger partial charge in [0.25, 0.3) is 5.91 Å². The van der Waals surface area contributed by atoms with E-state index >= 15 is 0 Å². The third kappa shape index (κ3) is 2.00. The molecule has 6 nitrogen and oxygen atoms in total. The average molecular weight is 258 g/mol. The van der Waals surface area contributed by atoms with Gasteiger partial charge in [0.1, 0.15) is 10.9 Å². The number of amidine groups is 1. The number of hydrogen-bond acceptors (Lipinski definition) is 5. The van der Waals surface area contributed by atoms with E-state index in [1.54, 1.807) is 6.92 Å². The van der Waals surface area contributed by atoms with Crippen molar-refractivity contribution in [2.75, 3.05) is 6.54 Å². The molecule has 0 fully saturated rings. The van der Waals surface area contributed by atoms with E-state index in [4.69, 9.17) is 16.3 Å². The number of esters is 1. The first-order valence-corrected chi connectivity index (χ1v) is 5.56. The zero-order valence-corrected chi connectivity index (χ0v) is 10.2. The summed E-state index contributed by atoms with van der Waals surface area (Å²) in [5.41, 5.74) is 3.29. The highest BCUT2D eigenvalue weighted by atomic mass is 35.5. The quantitative estimate of drug-likeness (QED) is 0.696. The monoisotopic (exact) mass is 257 g/mol. The largest absolute Gasteiger partial charge is 0.437 e. The third-order valence-electron chi connectivity index (χ3n) is 2.58. The van der Waals surface area contributed by atoms with Crippen LogP contribution < -0.4 is 5.43 Å². The Hall–Kier alpha value is -1.56. The lowest BCUT2D eigenvalue weighted by molar-refractivity contribution is -0.151. The molecule has 1 unspecified atom stereocenters. The Labute approximate surface area is 103 Å². The van der Waals surface area contributed by atoms with Gasteiger partial charge in [-0.3, -0.25) is 14.5 Å². The summed E-state index contributed by atoms with van der Waals surface area (Å²) in [5, 5.41) is 4.08. The van der Waals surface area contributed by atoms with Gasteiger partial charge in [-0.2, -0.15) is 5.10 Å². The van der Waals surface area contributed by atoms with E-state index in [1.165, 1.54) is 11.8 Å². The summed E-state index contributed by atoms with van der Waals surface area (Å²) in [5.74, 6) is -0.306. The van der Waals surface area contributed by atoms with E-state index in [1.807, 2.05) is 0 Å². The molecule has 2 heterocycles. The van der Waals surface area contributed by atoms with Gasteiger partial charge in [0.15, 0.2) is 0 Å². The minimum absolute atomic E-state index is 0.0888. The first-order valence-electron chi connectivity index (χ1n) is 5.19. The predicted molar refractivity (Wildman–Crippen MR) is 61.0 cm³/mol. The SMILES string of the molecule is CC(=O)OC1C(C)=C(Cl)C(=O)N1C1=NNCC1. The molecule has 92 valence electrons. The van der Waals surface area contributed by atoms with Gasteiger partial charge >= 0.3 is 5.97 Å². The Morgan fingerprint density at radius 2 is 2.35 bits per heavy atom. The number of nitrogens with one attached hydrogen (secondary N) is 1. The number of hydrazone groups is 1. The smallest absolute Gasteiger partial charge is 0.304 e. The van der Waals surface area contributed by atoms with Crippen molar-refractivity contribution < 1.29 is 14.3 Å². The van der Waals surface area contributed by atoms with Crippen molar-refractivity contribution in [2.24, 2.45) is 5.10 Å². The maximum absolute atomic E-state index is 11.9. The first-order chi connectivity index (χ1) is 8.02. The summed E-state index contributed by atoms with van der Waals surface area (Å²) in [4.78, 5) is 24.3. The molecule has 17 heavy (non-hydrogen) atoms. The normalized spacial score (nSPS) is 23.9. The zero-order chi connectivity index (χ0) is 12.6. The summed E-state index contributed by atoms with van der Waals surface area (Å²) in [7, 11) is 0. The van der Waals surface area contributed by atoms with E-state index in [-0.39, 0.29) is 10.9 Å². The van der Waals surface area contributed by atoms with Crippen LogP contribution in [0.25, 0.3) is 0 Å². The lowest BCUT2D eigenvalue weighted by Gasteiger charge is -2.24. The molecular formula is C10H12ClN3O3. The molecule has 0 bridgehead atoms. The van der Waals surface area contributed by atoms with Crippen LogP contribution >= 0.6 is 11.6 Å². The molecular weight excluding hydrogens is 246 g/mol. The summed E-state index contributed by atoms with van der Waals surface area (Å²) in [6.45, 7) is 3.61. The van der Waals surface area contributed by atoms with Gasteiger partial charge < -0.3 is 10.2 Å². The average Bonchev–Trinajstić information content (AvgIpc) is 2.84. The Balaban J connectivity index is 2.30. The molecule has 1 atom stereocenters. The predicted octanol–water partition coefficient (Wildman–Crippen LogP) is 0.537. The van der Waals surface area contributed by atoms with Gasteiger partial charge in [-0.25, -0.2) is 0 Å². The van der Waals surface area contributed by atoms with Crippen LogP contribution in [0.1, 0.15) is 20.3 Å². The number of carbonyl (C=O) groups is 2. The minimum Gasteiger partial charge on any atom is -0.437 e. The Bertz CT molecular complexity index is 444. The molecule has 0 aromatic rings. The fraction of sp³-hybridized carbons (Fsp3) is 0.500. The minimum atomic E-state index is -0.772. The Kier molecular flexibility index (Phi) is 3.06. The molecule has 0 aromatic heterocycles. The molecule has 0 aromatic carbocycles. The van der Waals surface area contributed by atoms with E-state index < -0.39 is 12.2 Å². The maximum Gasteiger partial charge on any atom is 0.304 e. The Morgan fingerprint density at radius 1 is 1.65 bits per heavy atom. The van der Waals surface area contributed by atoms with Gasteiger partial charge in [0.05, 0.1) is 0 Å². The van der Waals surface area contributed by atoms with Crippen LogP contribution in [0.3, 0.4) is 0 Å². The highest BCUT2D eigenvalue weighted by molar-refractivity contribution is 6.44. The fourth-order valence-corrected chi connectivity index (χ4v) is 1.96. The molecule has 0 spiro atoms. The molecule has 1 amide bonds. The van der Waals surface area contributed by atoms with Crippen molar-refractivity contribution in [3.05, 3.63) is 10.6 Å². The summed E-state index contributed by atoms with van der Waals surface area (Å²) in [6.07, 6.45) is -0.174. The van der Waals surface area contributed by atoms with Crippen molar-refractivity contribution >= 4 is 29.3 Å². The van der Waals surface area contributed by atoms with Crippen molar-refractivity contribution in [3.8, 4) is 0 Å². The van der Waals surface area contributed by atoms with Gasteiger partial charge in [-0.1, -0.05) is 11.6 Å². The van der Waals surface area contributed by atoms with Gasteiger partial charge in [0.2, 0.25) is 6.23 Å². The van der Waals surface area contributed by atoms with Crippen molar-refractivity contribution in [3.63, 3.8) is 0 Å². The Morgan fingerprint density at radius 3 is 2.88 bits per heavy atom. The van der Waals surface area contributed by atoms with Crippen LogP contribution in [-0.4, -0.2) is 35.4 Å². The highest BCUT2D eigenvalue weighted by Crippen LogP contribution is 2.30. The second kappa shape index (κ2) is 4.37. The summed E-state index contributed by atoms with van der Waals surface area (Å²) < 4.78 is 5.10. The number of amides is 1. The van der Waals surface area contributed by atoms with Gasteiger partial charge in [0, 0.05) is 25.5 Å². The summed E-state index contributed by atoms with van der Waals surface area (Å²) >= 11 is 5.89. The topological polar surface area (TPSA) is 71.0 Å². The van der Waals surface area contributed by atoms with Crippen LogP contribution in [0, 0.1) is 0 Å². The van der Waals surface area contributed by atoms with E-state index in [2.05, 4.69) is 10.5 Å². The lowest BCUT2D eigenvalue weighted by atomic mass is 10.3. The van der Waals surface area contributed by atoms with E-state index in [0.717, 1.165) is 0 Å². The third-order valence-corrected chi connectivity index (χ3v) is 3.04. The van der Waals surface area contributed by atoms with Crippen LogP contribution in [0.2, 0.25) is 0 Å². The van der Waals surface area contributed by atoms with Crippen LogP contribution in [0.5, 0.6) is 0 Å². The molecule has 2 aliphatic rings. The van der Waals surface area contributed by atoms with Crippen LogP contribution in [0.4, 0.5) is 0 Å². The second-order valence-corrected chi connectivity index (χ2v) is 4.20. The number of ether oxygens (including phenoxy) is 1. The molecule has 0 saturated heterocycles. The van der Waals surface area contributed by atoms with Crippen LogP contribution in [0.15, 0.2) is 15.7 Å². The highest BCUT2D eigenvalue weighted by Gasteiger charge is 2.41. The van der Waals surface area contributed by atoms with E-state index in [9.17, 15) is 9.59 Å². The zero-order valence-electron chi connectivity index (χ0n) is 9.49. The fourth-order valence-electron chi connectivity index (χ4n) is 1.78. The van der Waals surface area contributed by atoms with Crippen molar-refractivity contribution in [2.45, 2.75) is 26.5 Å². The molecule has 7 heteroatoms. The molecule has 0 radical (unpaired) electrons. The number of nitrogens with zero attached hydrogens (tertiary/aromatic N) is 2. The first kappa shape index (κ1) is 11.9. The molecule has 0 aliphatic carbocycles. The standard InChI is InChI=1S/C10H12ClN3O3/c1-5-8(11)9(16)14(7-3-4-12-13-7)10(5)17-6(2)15/h10,12H,3-4H2,1-2H3. The molecule has 2 rings (SSSR count). The van der Waals surface area contributed by atoms with Gasteiger partial charge in [-0.15, -0.1) is 0 Å². The van der Waals surface area contributed by atoms with E-state index in [0.29, 0.717) is 24.4 Å². The van der Waals surface area contributed by atoms with Crippen molar-refractivity contribution in [1.29, 1.82) is 0 Å². The van der Waals surface area contributed by atoms with Gasteiger partial charge in [-0.05, 0) is 6.92 Å². The molecule has 1 N–H and O–H groups in total. The number of carbonyl (C=O) groups excluding carboxylic acids is 2. The molecule has 0 saturated carbocycles. The number of hydrogen-bond donors (Lipinski definition) is 1. The van der Waals surface area contributed by atoms with Crippen molar-refractivity contribution in [1.82, 2.24) is 10.3 Å². The lowest BCUT2D eigenvalue weighted by Crippen LogP contribution is -2.42. The number of rotatable bonds is 1. The van der Waals surface area contributed by atoms with Crippen LogP contribution in [-0.2, 0) is 14.3 Å². The maximum atomic E-state index is 11.9. The second-order valence-electron chi connectivity index (χ2n) is 3.82. The summed E-state index contributed by atoms with van der Waals surface area (Å²) in [6, 6.07) is 0. The number of halogens is 1.